The summed E-state index contributed by atoms with van der Waals surface area (Å²) in [7, 11) is -2.62. The normalized spacial score (nSPS) is 11.1. The first-order chi connectivity index (χ1) is 10.7. The van der Waals surface area contributed by atoms with Gasteiger partial charge in [-0.05, 0) is 36.4 Å². The molecule has 0 aliphatic carbocycles. The maximum atomic E-state index is 12.6. The molecule has 0 unspecified atom stereocenters. The zero-order valence-electron chi connectivity index (χ0n) is 11.8. The molecule has 0 saturated carbocycles. The van der Waals surface area contributed by atoms with Crippen LogP contribution in [-0.2, 0) is 10.0 Å². The second-order valence-corrected chi connectivity index (χ2v) is 7.43. The SMILES string of the molecule is COc1ccc(Br)cc1NS(=O)(=O)c1cc(C(N)=O)ccc1Cl. The summed E-state index contributed by atoms with van der Waals surface area (Å²) in [4.78, 5) is 11.0. The van der Waals surface area contributed by atoms with Gasteiger partial charge in [0.05, 0.1) is 17.8 Å². The molecule has 0 atom stereocenters. The molecule has 6 nitrogen and oxygen atoms in total. The minimum absolute atomic E-state index is 0.0311. The smallest absolute Gasteiger partial charge is 0.263 e. The summed E-state index contributed by atoms with van der Waals surface area (Å²) in [5.74, 6) is -0.419. The second kappa shape index (κ2) is 6.77. The summed E-state index contributed by atoms with van der Waals surface area (Å²) in [6, 6.07) is 8.62. The number of primary amides is 1. The lowest BCUT2D eigenvalue weighted by Crippen LogP contribution is -2.16. The first kappa shape index (κ1) is 17.6. The van der Waals surface area contributed by atoms with E-state index < -0.39 is 15.9 Å². The van der Waals surface area contributed by atoms with Crippen molar-refractivity contribution in [3.05, 3.63) is 51.5 Å². The van der Waals surface area contributed by atoms with Crippen LogP contribution in [0, 0.1) is 0 Å². The van der Waals surface area contributed by atoms with Crippen LogP contribution in [0.25, 0.3) is 0 Å². The van der Waals surface area contributed by atoms with E-state index in [1.807, 2.05) is 0 Å². The first-order valence-electron chi connectivity index (χ1n) is 6.20. The molecule has 0 heterocycles. The summed E-state index contributed by atoms with van der Waals surface area (Å²) < 4.78 is 33.3. The zero-order chi connectivity index (χ0) is 17.2. The molecule has 2 aromatic carbocycles. The van der Waals surface area contributed by atoms with Gasteiger partial charge in [0.15, 0.2) is 0 Å². The Morgan fingerprint density at radius 3 is 2.57 bits per heavy atom. The number of hydrogen-bond acceptors (Lipinski definition) is 4. The van der Waals surface area contributed by atoms with Crippen LogP contribution in [0.15, 0.2) is 45.8 Å². The Kier molecular flexibility index (Phi) is 5.18. The van der Waals surface area contributed by atoms with Crippen LogP contribution in [-0.4, -0.2) is 21.4 Å². The first-order valence-corrected chi connectivity index (χ1v) is 8.85. The predicted octanol–water partition coefficient (Wildman–Crippen LogP) is 3.01. The molecule has 0 radical (unpaired) electrons. The molecule has 1 amide bonds. The molecule has 0 spiro atoms. The number of carbonyl (C=O) groups excluding carboxylic acids is 1. The molecule has 2 rings (SSSR count). The van der Waals surface area contributed by atoms with E-state index in [9.17, 15) is 13.2 Å². The summed E-state index contributed by atoms with van der Waals surface area (Å²) in [6.45, 7) is 0. The average Bonchev–Trinajstić information content (AvgIpc) is 2.47. The van der Waals surface area contributed by atoms with Crippen LogP contribution in [0.2, 0.25) is 5.02 Å². The molecule has 0 aromatic heterocycles. The minimum Gasteiger partial charge on any atom is -0.495 e. The topological polar surface area (TPSA) is 98.5 Å². The van der Waals surface area contributed by atoms with Crippen molar-refractivity contribution in [1.82, 2.24) is 0 Å². The Hall–Kier alpha value is -1.77. The Labute approximate surface area is 146 Å². The van der Waals surface area contributed by atoms with Crippen LogP contribution in [0.1, 0.15) is 10.4 Å². The van der Waals surface area contributed by atoms with Gasteiger partial charge >= 0.3 is 0 Å². The molecule has 9 heteroatoms. The van der Waals surface area contributed by atoms with E-state index in [0.717, 1.165) is 6.07 Å². The number of anilines is 1. The average molecular weight is 420 g/mol. The van der Waals surface area contributed by atoms with Crippen molar-refractivity contribution >= 4 is 49.1 Å². The summed E-state index contributed by atoms with van der Waals surface area (Å²) in [6.07, 6.45) is 0. The zero-order valence-corrected chi connectivity index (χ0v) is 15.0. The largest absolute Gasteiger partial charge is 0.495 e. The molecule has 0 aliphatic heterocycles. The number of methoxy groups -OCH3 is 1. The van der Waals surface area contributed by atoms with E-state index in [0.29, 0.717) is 10.2 Å². The highest BCUT2D eigenvalue weighted by Crippen LogP contribution is 2.31. The van der Waals surface area contributed by atoms with Crippen molar-refractivity contribution in [3.63, 3.8) is 0 Å². The fourth-order valence-electron chi connectivity index (χ4n) is 1.82. The standard InChI is InChI=1S/C14H12BrClN2O4S/c1-22-12-5-3-9(15)7-11(12)18-23(20,21)13-6-8(14(17)19)2-4-10(13)16/h2-7,18H,1H3,(H2,17,19). The van der Waals surface area contributed by atoms with Crippen molar-refractivity contribution < 1.29 is 17.9 Å². The molecule has 3 N–H and O–H groups in total. The molecule has 23 heavy (non-hydrogen) atoms. The van der Waals surface area contributed by atoms with E-state index in [1.54, 1.807) is 18.2 Å². The number of sulfonamides is 1. The van der Waals surface area contributed by atoms with E-state index >= 15 is 0 Å². The Morgan fingerprint density at radius 2 is 1.96 bits per heavy atom. The number of benzene rings is 2. The van der Waals surface area contributed by atoms with Gasteiger partial charge in [-0.25, -0.2) is 8.42 Å². The van der Waals surface area contributed by atoms with Gasteiger partial charge in [0.1, 0.15) is 10.6 Å². The van der Waals surface area contributed by atoms with Crippen molar-refractivity contribution in [2.24, 2.45) is 5.73 Å². The van der Waals surface area contributed by atoms with Gasteiger partial charge in [0.25, 0.3) is 10.0 Å². The lowest BCUT2D eigenvalue weighted by molar-refractivity contribution is 0.1000. The van der Waals surface area contributed by atoms with Crippen LogP contribution in [0.4, 0.5) is 5.69 Å². The number of nitrogens with one attached hydrogen (secondary N) is 1. The number of halogens is 2. The van der Waals surface area contributed by atoms with Gasteiger partial charge in [-0.2, -0.15) is 0 Å². The van der Waals surface area contributed by atoms with Gasteiger partial charge in [0, 0.05) is 10.0 Å². The van der Waals surface area contributed by atoms with Gasteiger partial charge in [0.2, 0.25) is 5.91 Å². The second-order valence-electron chi connectivity index (χ2n) is 4.46. The number of amides is 1. The monoisotopic (exact) mass is 418 g/mol. The predicted molar refractivity (Wildman–Crippen MR) is 91.5 cm³/mol. The van der Waals surface area contributed by atoms with Crippen molar-refractivity contribution in [2.75, 3.05) is 11.8 Å². The van der Waals surface area contributed by atoms with Crippen molar-refractivity contribution in [1.29, 1.82) is 0 Å². The molecular weight excluding hydrogens is 408 g/mol. The van der Waals surface area contributed by atoms with Crippen LogP contribution < -0.4 is 15.2 Å². The van der Waals surface area contributed by atoms with Gasteiger partial charge < -0.3 is 10.5 Å². The number of carbonyl (C=O) groups is 1. The Balaban J connectivity index is 2.50. The fraction of sp³-hybridized carbons (Fsp3) is 0.0714. The molecule has 122 valence electrons. The van der Waals surface area contributed by atoms with Gasteiger partial charge in [-0.1, -0.05) is 27.5 Å². The van der Waals surface area contributed by atoms with Crippen LogP contribution in [0.5, 0.6) is 5.75 Å². The van der Waals surface area contributed by atoms with Crippen molar-refractivity contribution in [3.8, 4) is 5.75 Å². The lowest BCUT2D eigenvalue weighted by atomic mass is 10.2. The minimum atomic E-state index is -4.04. The van der Waals surface area contributed by atoms with Gasteiger partial charge in [-0.15, -0.1) is 0 Å². The number of hydrogen-bond donors (Lipinski definition) is 2. The van der Waals surface area contributed by atoms with E-state index in [-0.39, 0.29) is 21.2 Å². The molecule has 2 aromatic rings. The third-order valence-electron chi connectivity index (χ3n) is 2.91. The number of ether oxygens (including phenoxy) is 1. The highest BCUT2D eigenvalue weighted by molar-refractivity contribution is 9.10. The van der Waals surface area contributed by atoms with Gasteiger partial charge in [-0.3, -0.25) is 9.52 Å². The maximum Gasteiger partial charge on any atom is 0.263 e. The molecule has 0 bridgehead atoms. The Morgan fingerprint density at radius 1 is 1.26 bits per heavy atom. The van der Waals surface area contributed by atoms with Crippen molar-refractivity contribution in [2.45, 2.75) is 4.90 Å². The Bertz CT molecular complexity index is 871. The third-order valence-corrected chi connectivity index (χ3v) is 5.25. The van der Waals surface area contributed by atoms with E-state index in [4.69, 9.17) is 22.1 Å². The summed E-state index contributed by atoms with van der Waals surface area (Å²) in [5.41, 5.74) is 5.43. The van der Waals surface area contributed by atoms with E-state index in [2.05, 4.69) is 20.7 Å². The fourth-order valence-corrected chi connectivity index (χ4v) is 3.77. The van der Waals surface area contributed by atoms with Crippen LogP contribution in [0.3, 0.4) is 0 Å². The molecular formula is C14H12BrClN2O4S. The van der Waals surface area contributed by atoms with Crippen LogP contribution >= 0.6 is 27.5 Å². The highest BCUT2D eigenvalue weighted by Gasteiger charge is 2.21. The maximum absolute atomic E-state index is 12.6. The summed E-state index contributed by atoms with van der Waals surface area (Å²) >= 11 is 9.20. The third kappa shape index (κ3) is 3.95. The highest BCUT2D eigenvalue weighted by atomic mass is 79.9. The molecule has 0 saturated heterocycles. The molecule has 0 aliphatic rings. The summed E-state index contributed by atoms with van der Waals surface area (Å²) in [5, 5.41) is -0.0311. The number of nitrogens with two attached hydrogens (primary N) is 1. The number of rotatable bonds is 5. The quantitative estimate of drug-likeness (QED) is 0.778. The van der Waals surface area contributed by atoms with E-state index in [1.165, 1.54) is 19.2 Å². The lowest BCUT2D eigenvalue weighted by Gasteiger charge is -2.13. The molecule has 0 fully saturated rings.